The highest BCUT2D eigenvalue weighted by Gasteiger charge is 2.35. The number of hydrogen-bond donors (Lipinski definition) is 0. The summed E-state index contributed by atoms with van der Waals surface area (Å²) in [5.74, 6) is 2.74. The number of terminal acetylenes is 1. The van der Waals surface area contributed by atoms with Crippen LogP contribution in [0.4, 0.5) is 0 Å². The summed E-state index contributed by atoms with van der Waals surface area (Å²) >= 11 is 0. The zero-order valence-electron chi connectivity index (χ0n) is 26.2. The first-order chi connectivity index (χ1) is 20.2. The number of fused-ring (bicyclic) bond motifs is 6. The van der Waals surface area contributed by atoms with E-state index in [0.29, 0.717) is 0 Å². The van der Waals surface area contributed by atoms with Crippen molar-refractivity contribution >= 4 is 34.4 Å². The van der Waals surface area contributed by atoms with Crippen molar-refractivity contribution in [3.63, 3.8) is 0 Å². The molecule has 6 rings (SSSR count). The summed E-state index contributed by atoms with van der Waals surface area (Å²) < 4.78 is 2.48. The Hall–Kier alpha value is -4.28. The highest BCUT2D eigenvalue weighted by atomic mass is 15.0. The SMILES string of the molecule is C#C/C=C\c1c(C)c(C)c(/C=C\C)n1-c1c(C)ccc2c1C1=C(CC(C)(C)C(C)=C1)c1ccccc1C1=C2CCC=C1. The number of rotatable bonds is 3. The Morgan fingerprint density at radius 2 is 1.57 bits per heavy atom. The molecule has 0 atom stereocenters. The van der Waals surface area contributed by atoms with E-state index in [-0.39, 0.29) is 5.41 Å². The van der Waals surface area contributed by atoms with Gasteiger partial charge in [0, 0.05) is 11.3 Å². The van der Waals surface area contributed by atoms with Crippen LogP contribution in [0.5, 0.6) is 0 Å². The molecule has 3 aromatic rings. The molecule has 0 N–H and O–H groups in total. The van der Waals surface area contributed by atoms with E-state index in [1.54, 1.807) is 0 Å². The molecule has 42 heavy (non-hydrogen) atoms. The monoisotopic (exact) mass is 547 g/mol. The number of allylic oxidation sites excluding steroid dienone is 10. The molecule has 1 nitrogen and oxygen atoms in total. The van der Waals surface area contributed by atoms with Gasteiger partial charge < -0.3 is 4.57 Å². The minimum absolute atomic E-state index is 0.0757. The van der Waals surface area contributed by atoms with Gasteiger partial charge in [-0.25, -0.2) is 0 Å². The maximum absolute atomic E-state index is 5.76. The van der Waals surface area contributed by atoms with Gasteiger partial charge in [0.15, 0.2) is 0 Å². The van der Waals surface area contributed by atoms with Crippen LogP contribution in [0.25, 0.3) is 40.1 Å². The van der Waals surface area contributed by atoms with E-state index in [4.69, 9.17) is 6.42 Å². The average molecular weight is 548 g/mol. The minimum atomic E-state index is 0.0757. The average Bonchev–Trinajstić information content (AvgIpc) is 3.21. The molecule has 0 bridgehead atoms. The lowest BCUT2D eigenvalue weighted by molar-refractivity contribution is 0.457. The molecular weight excluding hydrogens is 506 g/mol. The van der Waals surface area contributed by atoms with E-state index in [2.05, 4.69) is 132 Å². The molecule has 0 fully saturated rings. The molecule has 0 saturated heterocycles. The van der Waals surface area contributed by atoms with Gasteiger partial charge in [0.25, 0.3) is 0 Å². The van der Waals surface area contributed by atoms with Crippen molar-refractivity contribution < 1.29 is 0 Å². The lowest BCUT2D eigenvalue weighted by Gasteiger charge is -2.37. The third-order valence-corrected chi connectivity index (χ3v) is 9.76. The van der Waals surface area contributed by atoms with Gasteiger partial charge in [-0.05, 0) is 133 Å². The number of hydrogen-bond acceptors (Lipinski definition) is 0. The molecule has 0 amide bonds. The second kappa shape index (κ2) is 10.5. The van der Waals surface area contributed by atoms with Gasteiger partial charge in [0.05, 0.1) is 11.4 Å². The van der Waals surface area contributed by atoms with Crippen LogP contribution in [0.2, 0.25) is 0 Å². The Balaban J connectivity index is 1.85. The number of nitrogens with zero attached hydrogens (tertiary/aromatic N) is 1. The Bertz CT molecular complexity index is 1860. The Morgan fingerprint density at radius 1 is 0.857 bits per heavy atom. The molecule has 0 saturated carbocycles. The summed E-state index contributed by atoms with van der Waals surface area (Å²) in [4.78, 5) is 0. The summed E-state index contributed by atoms with van der Waals surface area (Å²) in [6.07, 6.45) is 24.4. The number of aryl methyl sites for hydroxylation is 1. The molecule has 0 unspecified atom stereocenters. The van der Waals surface area contributed by atoms with E-state index < -0.39 is 0 Å². The minimum Gasteiger partial charge on any atom is -0.309 e. The third kappa shape index (κ3) is 4.24. The first-order valence-electron chi connectivity index (χ1n) is 15.2. The van der Waals surface area contributed by atoms with E-state index in [1.807, 2.05) is 6.08 Å². The zero-order valence-corrected chi connectivity index (χ0v) is 26.2. The molecule has 3 aliphatic rings. The van der Waals surface area contributed by atoms with Crippen LogP contribution in [0.3, 0.4) is 0 Å². The van der Waals surface area contributed by atoms with Gasteiger partial charge in [-0.15, -0.1) is 6.42 Å². The van der Waals surface area contributed by atoms with Gasteiger partial charge in [0.1, 0.15) is 0 Å². The predicted octanol–water partition coefficient (Wildman–Crippen LogP) is 10.9. The van der Waals surface area contributed by atoms with Crippen LogP contribution in [0, 0.1) is 38.5 Å². The molecule has 3 aliphatic carbocycles. The summed E-state index contributed by atoms with van der Waals surface area (Å²) in [5.41, 5.74) is 19.9. The molecule has 1 heterocycles. The highest BCUT2D eigenvalue weighted by molar-refractivity contribution is 6.11. The van der Waals surface area contributed by atoms with E-state index in [1.165, 1.54) is 78.2 Å². The Labute approximate surface area is 252 Å². The van der Waals surface area contributed by atoms with Crippen LogP contribution in [-0.2, 0) is 0 Å². The summed E-state index contributed by atoms with van der Waals surface area (Å²) in [6, 6.07) is 13.8. The van der Waals surface area contributed by atoms with Crippen LogP contribution < -0.4 is 0 Å². The van der Waals surface area contributed by atoms with Gasteiger partial charge in [-0.3, -0.25) is 0 Å². The lowest BCUT2D eigenvalue weighted by atomic mass is 9.68. The van der Waals surface area contributed by atoms with Crippen LogP contribution >= 0.6 is 0 Å². The second-order valence-corrected chi connectivity index (χ2v) is 12.7. The van der Waals surface area contributed by atoms with Crippen LogP contribution in [0.15, 0.2) is 72.4 Å². The van der Waals surface area contributed by atoms with E-state index >= 15 is 0 Å². The fourth-order valence-electron chi connectivity index (χ4n) is 7.10. The van der Waals surface area contributed by atoms with Crippen molar-refractivity contribution in [2.24, 2.45) is 5.41 Å². The topological polar surface area (TPSA) is 4.93 Å². The van der Waals surface area contributed by atoms with Gasteiger partial charge in [0.2, 0.25) is 0 Å². The molecule has 0 spiro atoms. The predicted molar refractivity (Wildman–Crippen MR) is 183 cm³/mol. The molecule has 210 valence electrons. The van der Waals surface area contributed by atoms with Gasteiger partial charge in [-0.2, -0.15) is 0 Å². The fourth-order valence-corrected chi connectivity index (χ4v) is 7.10. The summed E-state index contributed by atoms with van der Waals surface area (Å²) in [5, 5.41) is 0. The highest BCUT2D eigenvalue weighted by Crippen LogP contribution is 2.53. The number of aromatic nitrogens is 1. The standard InChI is InChI=1S/C41H41N/c1-9-11-21-38-29(6)28(5)37(16-10-2)42(38)40-26(3)22-23-34-32-19-14-12-17-30(32)31-18-13-15-20-33(31)36-25-41(7,8)27(4)24-35(36)39(34)40/h1,10-13,15-18,20-24H,14,19,25H2,2-8H3/b16-10-,21-11-,31-30?,34-32?,36-33?,39-35?. The van der Waals surface area contributed by atoms with Crippen molar-refractivity contribution in [3.05, 3.63) is 123 Å². The lowest BCUT2D eigenvalue weighted by Crippen LogP contribution is -2.20. The zero-order chi connectivity index (χ0) is 29.8. The van der Waals surface area contributed by atoms with Crippen LogP contribution in [0.1, 0.15) is 97.3 Å². The maximum Gasteiger partial charge on any atom is 0.0575 e. The van der Waals surface area contributed by atoms with E-state index in [9.17, 15) is 0 Å². The van der Waals surface area contributed by atoms with Crippen molar-refractivity contribution in [2.75, 3.05) is 0 Å². The number of benzene rings is 2. The quantitative estimate of drug-likeness (QED) is 0.287. The van der Waals surface area contributed by atoms with Crippen molar-refractivity contribution in [3.8, 4) is 18.0 Å². The van der Waals surface area contributed by atoms with E-state index in [0.717, 1.165) is 25.0 Å². The second-order valence-electron chi connectivity index (χ2n) is 12.7. The normalized spacial score (nSPS) is 17.4. The van der Waals surface area contributed by atoms with Gasteiger partial charge in [-0.1, -0.05) is 86.0 Å². The fraction of sp³-hybridized carbons (Fsp3) is 0.268. The first-order valence-corrected chi connectivity index (χ1v) is 15.2. The molecule has 1 aromatic heterocycles. The molecular formula is C41H41N. The Morgan fingerprint density at radius 3 is 2.29 bits per heavy atom. The van der Waals surface area contributed by atoms with Gasteiger partial charge >= 0.3 is 0 Å². The largest absolute Gasteiger partial charge is 0.309 e. The first kappa shape index (κ1) is 27.9. The Kier molecular flexibility index (Phi) is 6.98. The molecule has 0 radical (unpaired) electrons. The molecule has 0 aliphatic heterocycles. The summed E-state index contributed by atoms with van der Waals surface area (Å²) in [7, 11) is 0. The smallest absolute Gasteiger partial charge is 0.0575 e. The van der Waals surface area contributed by atoms with Crippen molar-refractivity contribution in [1.29, 1.82) is 0 Å². The van der Waals surface area contributed by atoms with Crippen LogP contribution in [-0.4, -0.2) is 4.57 Å². The third-order valence-electron chi connectivity index (χ3n) is 9.76. The summed E-state index contributed by atoms with van der Waals surface area (Å²) in [6.45, 7) is 15.9. The maximum atomic E-state index is 5.76. The molecule has 1 heteroatoms. The molecule has 2 aromatic carbocycles. The van der Waals surface area contributed by atoms with Crippen molar-refractivity contribution in [1.82, 2.24) is 4.57 Å². The van der Waals surface area contributed by atoms with Crippen molar-refractivity contribution in [2.45, 2.75) is 67.7 Å².